The standard InChI is InChI=1S/C13H20BrN3O/c1-3-15-10(2)13-11(4-5-12(14)16-13)17-6-8-18-9-7-17/h4-5,10,15H,3,6-9H2,1-2H3. The Morgan fingerprint density at radius 1 is 1.44 bits per heavy atom. The lowest BCUT2D eigenvalue weighted by atomic mass is 10.1. The summed E-state index contributed by atoms with van der Waals surface area (Å²) >= 11 is 3.46. The second-order valence-electron chi connectivity index (χ2n) is 4.42. The summed E-state index contributed by atoms with van der Waals surface area (Å²) in [4.78, 5) is 6.99. The maximum Gasteiger partial charge on any atom is 0.106 e. The average molecular weight is 314 g/mol. The van der Waals surface area contributed by atoms with Crippen molar-refractivity contribution in [1.29, 1.82) is 0 Å². The van der Waals surface area contributed by atoms with Gasteiger partial charge in [-0.1, -0.05) is 6.92 Å². The number of aromatic nitrogens is 1. The first-order valence-corrected chi connectivity index (χ1v) is 7.24. The molecule has 0 radical (unpaired) electrons. The highest BCUT2D eigenvalue weighted by Gasteiger charge is 2.19. The van der Waals surface area contributed by atoms with Crippen LogP contribution in [0, 0.1) is 0 Å². The van der Waals surface area contributed by atoms with E-state index in [0.717, 1.165) is 43.1 Å². The van der Waals surface area contributed by atoms with Crippen LogP contribution in [0.4, 0.5) is 5.69 Å². The number of pyridine rings is 1. The van der Waals surface area contributed by atoms with Gasteiger partial charge in [0, 0.05) is 19.1 Å². The van der Waals surface area contributed by atoms with Crippen molar-refractivity contribution in [1.82, 2.24) is 10.3 Å². The lowest BCUT2D eigenvalue weighted by molar-refractivity contribution is 0.122. The molecule has 4 nitrogen and oxygen atoms in total. The van der Waals surface area contributed by atoms with Gasteiger partial charge in [-0.25, -0.2) is 4.98 Å². The lowest BCUT2D eigenvalue weighted by Crippen LogP contribution is -2.37. The molecule has 1 aromatic rings. The number of halogens is 1. The van der Waals surface area contributed by atoms with E-state index in [-0.39, 0.29) is 6.04 Å². The van der Waals surface area contributed by atoms with E-state index in [2.05, 4.69) is 51.0 Å². The van der Waals surface area contributed by atoms with Crippen LogP contribution in [-0.2, 0) is 4.74 Å². The van der Waals surface area contributed by atoms with Gasteiger partial charge in [0.25, 0.3) is 0 Å². The van der Waals surface area contributed by atoms with Crippen molar-refractivity contribution in [2.24, 2.45) is 0 Å². The van der Waals surface area contributed by atoms with Crippen LogP contribution in [0.1, 0.15) is 25.6 Å². The van der Waals surface area contributed by atoms with E-state index in [1.54, 1.807) is 0 Å². The summed E-state index contributed by atoms with van der Waals surface area (Å²) in [6.07, 6.45) is 0. The molecular formula is C13H20BrN3O. The SMILES string of the molecule is CCNC(C)c1nc(Br)ccc1N1CCOCC1. The molecule has 1 N–H and O–H groups in total. The Labute approximate surface area is 117 Å². The number of anilines is 1. The van der Waals surface area contributed by atoms with Crippen LogP contribution < -0.4 is 10.2 Å². The van der Waals surface area contributed by atoms with Gasteiger partial charge >= 0.3 is 0 Å². The van der Waals surface area contributed by atoms with E-state index < -0.39 is 0 Å². The number of hydrogen-bond donors (Lipinski definition) is 1. The van der Waals surface area contributed by atoms with Crippen molar-refractivity contribution in [3.8, 4) is 0 Å². The smallest absolute Gasteiger partial charge is 0.106 e. The third-order valence-electron chi connectivity index (χ3n) is 3.14. The predicted octanol–water partition coefficient (Wildman–Crippen LogP) is 2.35. The van der Waals surface area contributed by atoms with E-state index in [1.807, 2.05) is 6.07 Å². The first kappa shape index (κ1) is 13.8. The lowest BCUT2D eigenvalue weighted by Gasteiger charge is -2.31. The van der Waals surface area contributed by atoms with E-state index in [1.165, 1.54) is 5.69 Å². The monoisotopic (exact) mass is 313 g/mol. The zero-order chi connectivity index (χ0) is 13.0. The summed E-state index contributed by atoms with van der Waals surface area (Å²) in [5.74, 6) is 0. The third-order valence-corrected chi connectivity index (χ3v) is 3.58. The molecule has 1 aliphatic rings. The highest BCUT2D eigenvalue weighted by atomic mass is 79.9. The number of ether oxygens (including phenoxy) is 1. The van der Waals surface area contributed by atoms with E-state index in [0.29, 0.717) is 0 Å². The average Bonchev–Trinajstić information content (AvgIpc) is 2.40. The number of morpholine rings is 1. The number of hydrogen-bond acceptors (Lipinski definition) is 4. The molecule has 1 aromatic heterocycles. The molecule has 18 heavy (non-hydrogen) atoms. The molecule has 2 rings (SSSR count). The summed E-state index contributed by atoms with van der Waals surface area (Å²) in [6, 6.07) is 4.41. The van der Waals surface area contributed by atoms with Crippen LogP contribution >= 0.6 is 15.9 Å². The van der Waals surface area contributed by atoms with Crippen molar-refractivity contribution < 1.29 is 4.74 Å². The summed E-state index contributed by atoms with van der Waals surface area (Å²) in [7, 11) is 0. The van der Waals surface area contributed by atoms with Crippen LogP contribution in [0.5, 0.6) is 0 Å². The van der Waals surface area contributed by atoms with Crippen LogP contribution in [-0.4, -0.2) is 37.8 Å². The molecule has 100 valence electrons. The molecule has 0 aliphatic carbocycles. The summed E-state index contributed by atoms with van der Waals surface area (Å²) in [5, 5.41) is 3.43. The number of nitrogens with one attached hydrogen (secondary N) is 1. The first-order valence-electron chi connectivity index (χ1n) is 6.45. The van der Waals surface area contributed by atoms with Gasteiger partial charge < -0.3 is 15.0 Å². The van der Waals surface area contributed by atoms with Crippen molar-refractivity contribution in [3.63, 3.8) is 0 Å². The fraction of sp³-hybridized carbons (Fsp3) is 0.615. The van der Waals surface area contributed by atoms with Crippen molar-refractivity contribution in [2.45, 2.75) is 19.9 Å². The third kappa shape index (κ3) is 3.22. The molecule has 0 saturated carbocycles. The molecule has 0 aromatic carbocycles. The summed E-state index contributed by atoms with van der Waals surface area (Å²) in [6.45, 7) is 8.68. The number of rotatable bonds is 4. The molecule has 1 saturated heterocycles. The van der Waals surface area contributed by atoms with Gasteiger partial charge in [0.1, 0.15) is 4.60 Å². The van der Waals surface area contributed by atoms with Gasteiger partial charge in [-0.2, -0.15) is 0 Å². The van der Waals surface area contributed by atoms with Gasteiger partial charge in [0.15, 0.2) is 0 Å². The van der Waals surface area contributed by atoms with Gasteiger partial charge in [-0.3, -0.25) is 0 Å². The Morgan fingerprint density at radius 3 is 2.83 bits per heavy atom. The molecular weight excluding hydrogens is 294 g/mol. The van der Waals surface area contributed by atoms with Crippen LogP contribution in [0.3, 0.4) is 0 Å². The van der Waals surface area contributed by atoms with E-state index >= 15 is 0 Å². The topological polar surface area (TPSA) is 37.4 Å². The largest absolute Gasteiger partial charge is 0.378 e. The Bertz CT molecular complexity index is 394. The Balaban J connectivity index is 2.27. The van der Waals surface area contributed by atoms with Crippen LogP contribution in [0.25, 0.3) is 0 Å². The molecule has 1 atom stereocenters. The minimum atomic E-state index is 0.255. The first-order chi connectivity index (χ1) is 8.72. The number of nitrogens with zero attached hydrogens (tertiary/aromatic N) is 2. The van der Waals surface area contributed by atoms with Gasteiger partial charge in [-0.15, -0.1) is 0 Å². The Morgan fingerprint density at radius 2 is 2.17 bits per heavy atom. The highest BCUT2D eigenvalue weighted by Crippen LogP contribution is 2.27. The molecule has 1 aliphatic heterocycles. The minimum absolute atomic E-state index is 0.255. The van der Waals surface area contributed by atoms with Crippen molar-refractivity contribution >= 4 is 21.6 Å². The Hall–Kier alpha value is -0.650. The zero-order valence-corrected chi connectivity index (χ0v) is 12.5. The molecule has 1 unspecified atom stereocenters. The van der Waals surface area contributed by atoms with Crippen molar-refractivity contribution in [3.05, 3.63) is 22.4 Å². The van der Waals surface area contributed by atoms with E-state index in [9.17, 15) is 0 Å². The maximum absolute atomic E-state index is 5.41. The normalized spacial score (nSPS) is 17.8. The summed E-state index contributed by atoms with van der Waals surface area (Å²) in [5.41, 5.74) is 2.32. The highest BCUT2D eigenvalue weighted by molar-refractivity contribution is 9.10. The van der Waals surface area contributed by atoms with Crippen molar-refractivity contribution in [2.75, 3.05) is 37.7 Å². The predicted molar refractivity (Wildman–Crippen MR) is 77.1 cm³/mol. The quantitative estimate of drug-likeness (QED) is 0.866. The molecule has 2 heterocycles. The molecule has 1 fully saturated rings. The van der Waals surface area contributed by atoms with E-state index in [4.69, 9.17) is 4.74 Å². The second kappa shape index (κ2) is 6.50. The summed E-state index contributed by atoms with van der Waals surface area (Å²) < 4.78 is 6.29. The Kier molecular flexibility index (Phi) is 4.97. The van der Waals surface area contributed by atoms with Crippen LogP contribution in [0.2, 0.25) is 0 Å². The van der Waals surface area contributed by atoms with Crippen LogP contribution in [0.15, 0.2) is 16.7 Å². The minimum Gasteiger partial charge on any atom is -0.378 e. The molecule has 0 amide bonds. The van der Waals surface area contributed by atoms with Gasteiger partial charge in [0.05, 0.1) is 24.6 Å². The molecule has 0 spiro atoms. The fourth-order valence-electron chi connectivity index (χ4n) is 2.24. The maximum atomic E-state index is 5.41. The zero-order valence-electron chi connectivity index (χ0n) is 10.9. The molecule has 0 bridgehead atoms. The van der Waals surface area contributed by atoms with Gasteiger partial charge in [-0.05, 0) is 41.5 Å². The molecule has 5 heteroatoms. The fourth-order valence-corrected chi connectivity index (χ4v) is 2.56. The second-order valence-corrected chi connectivity index (χ2v) is 5.23. The van der Waals surface area contributed by atoms with Gasteiger partial charge in [0.2, 0.25) is 0 Å².